The van der Waals surface area contributed by atoms with Gasteiger partial charge in [0.05, 0.1) is 15.7 Å². The Labute approximate surface area is 213 Å². The van der Waals surface area contributed by atoms with E-state index >= 15 is 0 Å². The molecule has 0 saturated heterocycles. The van der Waals surface area contributed by atoms with Crippen LogP contribution in [-0.2, 0) is 4.79 Å². The summed E-state index contributed by atoms with van der Waals surface area (Å²) in [6.45, 7) is 4.06. The molecule has 0 aliphatic heterocycles. The van der Waals surface area contributed by atoms with Crippen molar-refractivity contribution in [3.63, 3.8) is 0 Å². The first-order valence-electron chi connectivity index (χ1n) is 12.4. The van der Waals surface area contributed by atoms with E-state index in [4.69, 9.17) is 23.2 Å². The zero-order chi connectivity index (χ0) is 24.4. The second kappa shape index (κ2) is 8.44. The Bertz CT molecular complexity index is 1160. The lowest BCUT2D eigenvalue weighted by Crippen LogP contribution is -2.51. The zero-order valence-corrected chi connectivity index (χ0v) is 22.0. The fraction of sp³-hybridized carbons (Fsp3) is 0.552. The smallest absolute Gasteiger partial charge is 0.156 e. The van der Waals surface area contributed by atoms with E-state index in [0.717, 1.165) is 43.4 Å². The molecule has 0 bridgehead atoms. The number of nitrogens with zero attached hydrogens (tertiary/aromatic N) is 1. The minimum Gasteiger partial charge on any atom is -0.377 e. The minimum absolute atomic E-state index is 0.0904. The van der Waals surface area contributed by atoms with Crippen molar-refractivity contribution in [2.24, 2.45) is 17.3 Å². The molecule has 5 atom stereocenters. The quantitative estimate of drug-likeness (QED) is 0.461. The Morgan fingerprint density at radius 3 is 2.47 bits per heavy atom. The molecule has 5 heteroatoms. The predicted molar refractivity (Wildman–Crippen MR) is 139 cm³/mol. The van der Waals surface area contributed by atoms with Gasteiger partial charge in [-0.15, -0.1) is 5.92 Å². The van der Waals surface area contributed by atoms with Crippen LogP contribution in [0.1, 0.15) is 70.3 Å². The molecule has 1 N–H and O–H groups in total. The van der Waals surface area contributed by atoms with Crippen molar-refractivity contribution in [3.05, 3.63) is 50.5 Å². The van der Waals surface area contributed by atoms with E-state index in [9.17, 15) is 9.90 Å². The number of anilines is 1. The van der Waals surface area contributed by atoms with Crippen LogP contribution < -0.4 is 4.90 Å². The second-order valence-corrected chi connectivity index (χ2v) is 11.8. The van der Waals surface area contributed by atoms with Gasteiger partial charge in [0.15, 0.2) is 5.78 Å². The summed E-state index contributed by atoms with van der Waals surface area (Å²) in [7, 11) is 3.89. The number of hydrogen-bond acceptors (Lipinski definition) is 3. The van der Waals surface area contributed by atoms with Gasteiger partial charge in [-0.05, 0) is 92.2 Å². The van der Waals surface area contributed by atoms with Gasteiger partial charge in [-0.1, -0.05) is 41.6 Å². The van der Waals surface area contributed by atoms with E-state index in [1.54, 1.807) is 0 Å². The molecular weight excluding hydrogens is 465 g/mol. The van der Waals surface area contributed by atoms with Crippen LogP contribution in [0.4, 0.5) is 5.69 Å². The third-order valence-corrected chi connectivity index (χ3v) is 9.68. The lowest BCUT2D eigenvalue weighted by atomic mass is 9.51. The van der Waals surface area contributed by atoms with Crippen molar-refractivity contribution < 1.29 is 9.90 Å². The number of carbonyl (C=O) groups is 1. The first kappa shape index (κ1) is 24.0. The largest absolute Gasteiger partial charge is 0.377 e. The number of carbonyl (C=O) groups excluding carboxylic acids is 1. The molecule has 0 spiro atoms. The van der Waals surface area contributed by atoms with E-state index in [-0.39, 0.29) is 17.1 Å². The van der Waals surface area contributed by atoms with E-state index < -0.39 is 5.60 Å². The fourth-order valence-corrected chi connectivity index (χ4v) is 8.43. The van der Waals surface area contributed by atoms with Crippen LogP contribution >= 0.6 is 23.2 Å². The fourth-order valence-electron chi connectivity index (χ4n) is 7.59. The molecule has 1 aromatic rings. The molecule has 0 aromatic heterocycles. The highest BCUT2D eigenvalue weighted by atomic mass is 35.5. The zero-order valence-electron chi connectivity index (χ0n) is 20.5. The molecule has 0 heterocycles. The van der Waals surface area contributed by atoms with Gasteiger partial charge in [-0.3, -0.25) is 4.79 Å². The highest BCUT2D eigenvalue weighted by Gasteiger charge is 2.62. The predicted octanol–water partition coefficient (Wildman–Crippen LogP) is 6.71. The maximum absolute atomic E-state index is 12.2. The van der Waals surface area contributed by atoms with Crippen LogP contribution in [0, 0.1) is 29.1 Å². The Kier molecular flexibility index (Phi) is 5.95. The summed E-state index contributed by atoms with van der Waals surface area (Å²) in [4.78, 5) is 14.2. The molecule has 34 heavy (non-hydrogen) atoms. The summed E-state index contributed by atoms with van der Waals surface area (Å²) in [5.74, 6) is 7.32. The number of ketones is 1. The highest BCUT2D eigenvalue weighted by Crippen LogP contribution is 2.66. The van der Waals surface area contributed by atoms with Gasteiger partial charge < -0.3 is 10.0 Å². The molecule has 2 fully saturated rings. The van der Waals surface area contributed by atoms with Crippen LogP contribution in [0.5, 0.6) is 0 Å². The maximum Gasteiger partial charge on any atom is 0.156 e. The Hall–Kier alpha value is -1.73. The van der Waals surface area contributed by atoms with Crippen LogP contribution in [0.3, 0.4) is 0 Å². The number of rotatable bonds is 2. The lowest BCUT2D eigenvalue weighted by molar-refractivity contribution is -0.114. The van der Waals surface area contributed by atoms with Crippen molar-refractivity contribution in [1.29, 1.82) is 0 Å². The average Bonchev–Trinajstić information content (AvgIpc) is 3.02. The summed E-state index contributed by atoms with van der Waals surface area (Å²) in [5, 5.41) is 13.1. The Balaban J connectivity index is 1.72. The SMILES string of the molecule is CC#C[C@]1(O)CC[C@H]2[C@@H]3CCC4=CC(=O)CCC4=C3[C@@H](c3cc(Cl)c(N(C)C)c(Cl)c3)C[C@@]21C. The van der Waals surface area contributed by atoms with Crippen LogP contribution in [0.25, 0.3) is 0 Å². The molecule has 4 aliphatic carbocycles. The first-order valence-corrected chi connectivity index (χ1v) is 13.1. The van der Waals surface area contributed by atoms with Crippen molar-refractivity contribution in [2.45, 2.75) is 70.3 Å². The number of aliphatic hydroxyl groups is 1. The van der Waals surface area contributed by atoms with Gasteiger partial charge in [-0.25, -0.2) is 0 Å². The van der Waals surface area contributed by atoms with Crippen molar-refractivity contribution in [3.8, 4) is 11.8 Å². The number of benzene rings is 1. The summed E-state index contributed by atoms with van der Waals surface area (Å²) < 4.78 is 0. The number of hydrogen-bond donors (Lipinski definition) is 1. The van der Waals surface area contributed by atoms with E-state index in [1.165, 1.54) is 16.7 Å². The van der Waals surface area contributed by atoms with Gasteiger partial charge >= 0.3 is 0 Å². The van der Waals surface area contributed by atoms with Gasteiger partial charge in [0.2, 0.25) is 0 Å². The van der Waals surface area contributed by atoms with Gasteiger partial charge in [0, 0.05) is 31.8 Å². The molecular formula is C29H33Cl2NO2. The normalized spacial score (nSPS) is 34.5. The standard InChI is InChI=1S/C29H33Cl2NO2/c1-5-11-29(34)12-10-23-21-8-6-17-13-19(33)7-9-20(17)26(21)22(16-28(23,29)2)18-14-24(30)27(32(3)4)25(31)15-18/h13-15,21-23,34H,6-10,12,16H2,1-4H3/t21-,22+,23-,28-,29-/m0/s1. The van der Waals surface area contributed by atoms with Crippen LogP contribution in [-0.4, -0.2) is 30.6 Å². The number of allylic oxidation sites excluding steroid dienone is 4. The van der Waals surface area contributed by atoms with Crippen LogP contribution in [0.2, 0.25) is 10.0 Å². The molecule has 0 radical (unpaired) electrons. The molecule has 1 aromatic carbocycles. The Morgan fingerprint density at radius 2 is 1.82 bits per heavy atom. The van der Waals surface area contributed by atoms with E-state index in [1.807, 2.05) is 32.0 Å². The second-order valence-electron chi connectivity index (χ2n) is 11.0. The first-order chi connectivity index (χ1) is 16.1. The number of halogens is 2. The summed E-state index contributed by atoms with van der Waals surface area (Å²) in [5.41, 5.74) is 4.68. The molecule has 0 amide bonds. The van der Waals surface area contributed by atoms with Crippen molar-refractivity contribution >= 4 is 34.7 Å². The highest BCUT2D eigenvalue weighted by molar-refractivity contribution is 6.39. The van der Waals surface area contributed by atoms with E-state index in [2.05, 4.69) is 30.9 Å². The molecule has 5 rings (SSSR count). The van der Waals surface area contributed by atoms with Gasteiger partial charge in [0.25, 0.3) is 0 Å². The molecule has 4 aliphatic rings. The molecule has 180 valence electrons. The lowest BCUT2D eigenvalue weighted by Gasteiger charge is -2.53. The van der Waals surface area contributed by atoms with Gasteiger partial charge in [0.1, 0.15) is 5.60 Å². The average molecular weight is 498 g/mol. The van der Waals surface area contributed by atoms with Crippen LogP contribution in [0.15, 0.2) is 34.9 Å². The number of fused-ring (bicyclic) bond motifs is 4. The van der Waals surface area contributed by atoms with Gasteiger partial charge in [-0.2, -0.15) is 0 Å². The molecule has 0 unspecified atom stereocenters. The monoisotopic (exact) mass is 497 g/mol. The third kappa shape index (κ3) is 3.48. The topological polar surface area (TPSA) is 40.5 Å². The Morgan fingerprint density at radius 1 is 1.12 bits per heavy atom. The summed E-state index contributed by atoms with van der Waals surface area (Å²) in [6, 6.07) is 4.13. The maximum atomic E-state index is 12.2. The summed E-state index contributed by atoms with van der Waals surface area (Å²) in [6.07, 6.45) is 7.72. The molecule has 2 saturated carbocycles. The minimum atomic E-state index is -0.989. The van der Waals surface area contributed by atoms with Crippen molar-refractivity contribution in [1.82, 2.24) is 0 Å². The summed E-state index contributed by atoms with van der Waals surface area (Å²) >= 11 is 13.5. The van der Waals surface area contributed by atoms with Crippen molar-refractivity contribution in [2.75, 3.05) is 19.0 Å². The molecule has 3 nitrogen and oxygen atoms in total. The third-order valence-electron chi connectivity index (χ3n) is 9.11. The van der Waals surface area contributed by atoms with E-state index in [0.29, 0.717) is 34.7 Å².